The van der Waals surface area contributed by atoms with Crippen LogP contribution in [0.25, 0.3) is 10.9 Å². The fourth-order valence-corrected chi connectivity index (χ4v) is 4.80. The van der Waals surface area contributed by atoms with Crippen LogP contribution in [-0.2, 0) is 24.3 Å². The lowest BCUT2D eigenvalue weighted by molar-refractivity contribution is -0.132. The first-order chi connectivity index (χ1) is 15.5. The molecule has 2 aromatic heterocycles. The first kappa shape index (κ1) is 22.5. The Morgan fingerprint density at radius 1 is 1.31 bits per heavy atom. The van der Waals surface area contributed by atoms with Crippen molar-refractivity contribution in [3.8, 4) is 0 Å². The van der Waals surface area contributed by atoms with Crippen molar-refractivity contribution in [3.63, 3.8) is 0 Å². The Hall–Kier alpha value is -2.67. The third-order valence-electron chi connectivity index (χ3n) is 6.49. The smallest absolute Gasteiger partial charge is 0.229 e. The summed E-state index contributed by atoms with van der Waals surface area (Å²) in [4.78, 5) is 21.5. The van der Waals surface area contributed by atoms with E-state index >= 15 is 0 Å². The van der Waals surface area contributed by atoms with Gasteiger partial charge in [0.2, 0.25) is 11.8 Å². The first-order valence-electron chi connectivity index (χ1n) is 11.8. The zero-order valence-corrected chi connectivity index (χ0v) is 19.8. The van der Waals surface area contributed by atoms with Crippen LogP contribution in [0.3, 0.4) is 0 Å². The molecule has 32 heavy (non-hydrogen) atoms. The maximum atomic E-state index is 12.5. The van der Waals surface area contributed by atoms with E-state index in [9.17, 15) is 4.79 Å². The molecule has 0 saturated carbocycles. The van der Waals surface area contributed by atoms with E-state index in [0.29, 0.717) is 24.7 Å². The molecule has 7 nitrogen and oxygen atoms in total. The summed E-state index contributed by atoms with van der Waals surface area (Å²) in [6, 6.07) is 8.86. The predicted molar refractivity (Wildman–Crippen MR) is 125 cm³/mol. The van der Waals surface area contributed by atoms with Crippen molar-refractivity contribution < 1.29 is 9.32 Å². The topological polar surface area (TPSA) is 67.4 Å². The van der Waals surface area contributed by atoms with Gasteiger partial charge in [-0.1, -0.05) is 37.2 Å². The van der Waals surface area contributed by atoms with Gasteiger partial charge in [0.1, 0.15) is 0 Å². The van der Waals surface area contributed by atoms with Crippen LogP contribution in [0.4, 0.5) is 0 Å². The molecule has 0 aliphatic carbocycles. The highest BCUT2D eigenvalue weighted by Crippen LogP contribution is 2.25. The lowest BCUT2D eigenvalue weighted by Gasteiger charge is -2.39. The van der Waals surface area contributed by atoms with Gasteiger partial charge in [0.25, 0.3) is 0 Å². The van der Waals surface area contributed by atoms with Gasteiger partial charge >= 0.3 is 0 Å². The molecular weight excluding hydrogens is 402 g/mol. The van der Waals surface area contributed by atoms with Crippen molar-refractivity contribution in [3.05, 3.63) is 47.7 Å². The maximum absolute atomic E-state index is 12.5. The Labute approximate surface area is 190 Å². The second-order valence-corrected chi connectivity index (χ2v) is 9.15. The molecule has 1 aliphatic rings. The zero-order chi connectivity index (χ0) is 22.7. The van der Waals surface area contributed by atoms with Crippen LogP contribution in [0.1, 0.15) is 63.7 Å². The monoisotopic (exact) mass is 437 g/mol. The van der Waals surface area contributed by atoms with Gasteiger partial charge < -0.3 is 14.0 Å². The summed E-state index contributed by atoms with van der Waals surface area (Å²) >= 11 is 0. The van der Waals surface area contributed by atoms with E-state index in [2.05, 4.69) is 57.0 Å². The highest BCUT2D eigenvalue weighted by atomic mass is 16.5. The molecule has 1 unspecified atom stereocenters. The van der Waals surface area contributed by atoms with Crippen LogP contribution in [0, 0.1) is 0 Å². The summed E-state index contributed by atoms with van der Waals surface area (Å²) in [7, 11) is 0. The van der Waals surface area contributed by atoms with Crippen molar-refractivity contribution in [2.24, 2.45) is 0 Å². The number of rotatable bonds is 8. The minimum Gasteiger partial charge on any atom is -0.347 e. The number of amides is 1. The van der Waals surface area contributed by atoms with Crippen molar-refractivity contribution >= 4 is 16.8 Å². The van der Waals surface area contributed by atoms with Crippen molar-refractivity contribution in [2.45, 2.75) is 72.0 Å². The van der Waals surface area contributed by atoms with E-state index in [1.165, 1.54) is 16.5 Å². The molecule has 4 rings (SSSR count). The molecule has 1 aromatic carbocycles. The quantitative estimate of drug-likeness (QED) is 0.528. The van der Waals surface area contributed by atoms with Crippen LogP contribution < -0.4 is 0 Å². The number of fused-ring (bicyclic) bond motifs is 1. The molecule has 1 aliphatic heterocycles. The number of piperidine rings is 1. The number of aromatic nitrogens is 3. The molecule has 1 fully saturated rings. The summed E-state index contributed by atoms with van der Waals surface area (Å²) in [6.07, 6.45) is 5.05. The van der Waals surface area contributed by atoms with Gasteiger partial charge in [-0.15, -0.1) is 0 Å². The number of carbonyl (C=O) groups is 1. The third kappa shape index (κ3) is 4.88. The van der Waals surface area contributed by atoms with E-state index in [1.807, 2.05) is 18.7 Å². The van der Waals surface area contributed by atoms with Crippen LogP contribution in [0.2, 0.25) is 0 Å². The van der Waals surface area contributed by atoms with E-state index < -0.39 is 0 Å². The SMILES string of the molecule is CCn1cc(CN2CCCC(N(CCc3noc(C(C)C)n3)C(C)=O)C2)c2ccccc21. The molecule has 1 atom stereocenters. The largest absolute Gasteiger partial charge is 0.347 e. The van der Waals surface area contributed by atoms with Crippen LogP contribution >= 0.6 is 0 Å². The van der Waals surface area contributed by atoms with Crippen LogP contribution in [0.5, 0.6) is 0 Å². The molecule has 0 spiro atoms. The second kappa shape index (κ2) is 9.86. The highest BCUT2D eigenvalue weighted by Gasteiger charge is 2.28. The summed E-state index contributed by atoms with van der Waals surface area (Å²) < 4.78 is 7.64. The summed E-state index contributed by atoms with van der Waals surface area (Å²) in [5, 5.41) is 5.42. The summed E-state index contributed by atoms with van der Waals surface area (Å²) in [6.45, 7) is 12.4. The number of hydrogen-bond donors (Lipinski definition) is 0. The van der Waals surface area contributed by atoms with Gasteiger partial charge in [-0.3, -0.25) is 9.69 Å². The lowest BCUT2D eigenvalue weighted by Crippen LogP contribution is -2.50. The van der Waals surface area contributed by atoms with Gasteiger partial charge in [0.05, 0.1) is 0 Å². The van der Waals surface area contributed by atoms with Crippen LogP contribution in [-0.4, -0.2) is 56.1 Å². The molecule has 1 saturated heterocycles. The Kier molecular flexibility index (Phi) is 6.94. The molecule has 3 aromatic rings. The third-order valence-corrected chi connectivity index (χ3v) is 6.49. The Morgan fingerprint density at radius 2 is 2.12 bits per heavy atom. The number of hydrogen-bond acceptors (Lipinski definition) is 5. The molecule has 1 amide bonds. The number of likely N-dealkylation sites (tertiary alicyclic amines) is 1. The van der Waals surface area contributed by atoms with E-state index in [1.54, 1.807) is 6.92 Å². The lowest BCUT2D eigenvalue weighted by atomic mass is 10.0. The molecule has 0 radical (unpaired) electrons. The Bertz CT molecular complexity index is 1050. The average Bonchev–Trinajstić information content (AvgIpc) is 3.39. The van der Waals surface area contributed by atoms with E-state index in [-0.39, 0.29) is 17.9 Å². The number of para-hydroxylation sites is 1. The molecule has 3 heterocycles. The van der Waals surface area contributed by atoms with Gasteiger partial charge in [-0.05, 0) is 37.9 Å². The number of carbonyl (C=O) groups excluding carboxylic acids is 1. The fraction of sp³-hybridized carbons (Fsp3) is 0.560. The van der Waals surface area contributed by atoms with Gasteiger partial charge in [0.15, 0.2) is 5.82 Å². The van der Waals surface area contributed by atoms with Gasteiger partial charge in [0, 0.05) is 68.6 Å². The minimum absolute atomic E-state index is 0.118. The number of nitrogens with zero attached hydrogens (tertiary/aromatic N) is 5. The fourth-order valence-electron chi connectivity index (χ4n) is 4.80. The van der Waals surface area contributed by atoms with E-state index in [4.69, 9.17) is 4.52 Å². The first-order valence-corrected chi connectivity index (χ1v) is 11.8. The van der Waals surface area contributed by atoms with Crippen molar-refractivity contribution in [1.29, 1.82) is 0 Å². The van der Waals surface area contributed by atoms with Crippen molar-refractivity contribution in [2.75, 3.05) is 19.6 Å². The minimum atomic E-state index is 0.118. The van der Waals surface area contributed by atoms with Gasteiger partial charge in [-0.25, -0.2) is 0 Å². The van der Waals surface area contributed by atoms with Crippen LogP contribution in [0.15, 0.2) is 35.0 Å². The normalized spacial score (nSPS) is 17.3. The standard InChI is InChI=1S/C25H35N5O2/c1-5-29-16-20(22-10-6-7-11-23(22)29)15-28-13-8-9-21(17-28)30(19(4)31)14-12-24-26-25(18(2)3)32-27-24/h6-7,10-11,16,18,21H,5,8-9,12-15,17H2,1-4H3. The highest BCUT2D eigenvalue weighted by molar-refractivity contribution is 5.83. The summed E-state index contributed by atoms with van der Waals surface area (Å²) in [5.41, 5.74) is 2.66. The Balaban J connectivity index is 1.43. The number of aryl methyl sites for hydroxylation is 1. The van der Waals surface area contributed by atoms with Gasteiger partial charge in [-0.2, -0.15) is 4.98 Å². The molecule has 0 N–H and O–H groups in total. The molecular formula is C25H35N5O2. The van der Waals surface area contributed by atoms with E-state index in [0.717, 1.165) is 39.0 Å². The second-order valence-electron chi connectivity index (χ2n) is 9.15. The molecule has 0 bridgehead atoms. The predicted octanol–water partition coefficient (Wildman–Crippen LogP) is 4.22. The molecule has 7 heteroatoms. The van der Waals surface area contributed by atoms with Crippen molar-refractivity contribution in [1.82, 2.24) is 24.5 Å². The maximum Gasteiger partial charge on any atom is 0.229 e. The molecule has 172 valence electrons. The average molecular weight is 438 g/mol. The number of benzene rings is 1. The zero-order valence-electron chi connectivity index (χ0n) is 19.8. The summed E-state index contributed by atoms with van der Waals surface area (Å²) in [5.74, 6) is 1.67. The Morgan fingerprint density at radius 3 is 2.84 bits per heavy atom.